The molecule has 0 spiro atoms. The molecule has 4 unspecified atom stereocenters. The van der Waals surface area contributed by atoms with Crippen molar-refractivity contribution < 1.29 is 4.39 Å². The molecule has 1 aromatic rings. The Morgan fingerprint density at radius 1 is 1.35 bits per heavy atom. The fourth-order valence-electron chi connectivity index (χ4n) is 4.30. The number of nitrogens with one attached hydrogen (secondary N) is 1. The Balaban J connectivity index is 1.63. The average Bonchev–Trinajstić information content (AvgIpc) is 3.04. The Hall–Kier alpha value is -0.600. The van der Waals surface area contributed by atoms with Gasteiger partial charge in [0.25, 0.3) is 0 Å². The summed E-state index contributed by atoms with van der Waals surface area (Å²) < 4.78 is 13.8. The smallest absolute Gasteiger partial charge is 0.126 e. The number of likely N-dealkylation sites (N-methyl/N-ethyl adjacent to an activating group) is 1. The Morgan fingerprint density at radius 2 is 2.20 bits per heavy atom. The lowest BCUT2D eigenvalue weighted by Gasteiger charge is -2.26. The number of rotatable bonds is 5. The topological polar surface area (TPSA) is 12.0 Å². The molecule has 0 amide bonds. The van der Waals surface area contributed by atoms with Gasteiger partial charge < -0.3 is 5.32 Å². The summed E-state index contributed by atoms with van der Waals surface area (Å²) in [6.07, 6.45) is 7.58. The van der Waals surface area contributed by atoms with Gasteiger partial charge in [0, 0.05) is 11.1 Å². The fraction of sp³-hybridized carbons (Fsp3) is 0.647. The van der Waals surface area contributed by atoms with Crippen LogP contribution >= 0.6 is 11.6 Å². The van der Waals surface area contributed by atoms with Crippen LogP contribution in [-0.2, 0) is 6.42 Å². The molecule has 1 nitrogen and oxygen atoms in total. The maximum atomic E-state index is 13.8. The van der Waals surface area contributed by atoms with E-state index in [2.05, 4.69) is 5.32 Å². The van der Waals surface area contributed by atoms with Crippen LogP contribution in [0, 0.1) is 23.6 Å². The van der Waals surface area contributed by atoms with Crippen molar-refractivity contribution in [3.8, 4) is 0 Å². The quantitative estimate of drug-likeness (QED) is 0.847. The molecule has 2 bridgehead atoms. The standard InChI is InChI=1S/C17H23ClFN/c1-20-16(9-13-7-11-2-3-12(13)6-11)10-14-8-15(18)4-5-17(14)19/h4-5,8,11-13,16,20H,2-3,6-7,9-10H2,1H3. The van der Waals surface area contributed by atoms with E-state index < -0.39 is 0 Å². The lowest BCUT2D eigenvalue weighted by atomic mass is 9.83. The Bertz CT molecular complexity index is 476. The third kappa shape index (κ3) is 3.01. The molecule has 2 saturated carbocycles. The number of hydrogen-bond acceptors (Lipinski definition) is 1. The van der Waals surface area contributed by atoms with Crippen LogP contribution in [0.25, 0.3) is 0 Å². The van der Waals surface area contributed by atoms with Crippen LogP contribution in [0.1, 0.15) is 37.7 Å². The number of halogens is 2. The molecule has 1 N–H and O–H groups in total. The van der Waals surface area contributed by atoms with Crippen LogP contribution in [-0.4, -0.2) is 13.1 Å². The molecule has 2 aliphatic rings. The van der Waals surface area contributed by atoms with Crippen LogP contribution in [0.15, 0.2) is 18.2 Å². The van der Waals surface area contributed by atoms with Crippen molar-refractivity contribution in [3.05, 3.63) is 34.6 Å². The van der Waals surface area contributed by atoms with E-state index in [4.69, 9.17) is 11.6 Å². The molecule has 1 aromatic carbocycles. The number of benzene rings is 1. The van der Waals surface area contributed by atoms with Crippen LogP contribution in [0.3, 0.4) is 0 Å². The molecule has 0 radical (unpaired) electrons. The highest BCUT2D eigenvalue weighted by Crippen LogP contribution is 2.50. The summed E-state index contributed by atoms with van der Waals surface area (Å²) >= 11 is 5.98. The third-order valence-corrected chi connectivity index (χ3v) is 5.59. The molecule has 20 heavy (non-hydrogen) atoms. The van der Waals surface area contributed by atoms with Crippen LogP contribution in [0.2, 0.25) is 5.02 Å². The van der Waals surface area contributed by atoms with E-state index in [1.54, 1.807) is 12.1 Å². The summed E-state index contributed by atoms with van der Waals surface area (Å²) in [7, 11) is 1.99. The van der Waals surface area contributed by atoms with Gasteiger partial charge in [-0.25, -0.2) is 4.39 Å². The molecule has 0 heterocycles. The minimum absolute atomic E-state index is 0.136. The maximum absolute atomic E-state index is 13.8. The summed E-state index contributed by atoms with van der Waals surface area (Å²) in [5, 5.41) is 4.00. The van der Waals surface area contributed by atoms with E-state index in [0.29, 0.717) is 11.1 Å². The molecular formula is C17H23ClFN. The second kappa shape index (κ2) is 6.03. The first-order chi connectivity index (χ1) is 9.65. The van der Waals surface area contributed by atoms with Gasteiger partial charge in [-0.3, -0.25) is 0 Å². The molecule has 0 aliphatic heterocycles. The molecule has 110 valence electrons. The summed E-state index contributed by atoms with van der Waals surface area (Å²) in [5.74, 6) is 2.61. The highest BCUT2D eigenvalue weighted by molar-refractivity contribution is 6.30. The van der Waals surface area contributed by atoms with Crippen molar-refractivity contribution in [3.63, 3.8) is 0 Å². The van der Waals surface area contributed by atoms with Crippen molar-refractivity contribution in [2.75, 3.05) is 7.05 Å². The second-order valence-electron chi connectivity index (χ2n) is 6.60. The molecule has 3 heteroatoms. The summed E-state index contributed by atoms with van der Waals surface area (Å²) in [6.45, 7) is 0. The van der Waals surface area contributed by atoms with Gasteiger partial charge in [-0.2, -0.15) is 0 Å². The molecule has 3 rings (SSSR count). The minimum atomic E-state index is -0.136. The highest BCUT2D eigenvalue weighted by atomic mass is 35.5. The van der Waals surface area contributed by atoms with Crippen molar-refractivity contribution in [1.29, 1.82) is 0 Å². The van der Waals surface area contributed by atoms with Gasteiger partial charge in [-0.15, -0.1) is 0 Å². The van der Waals surface area contributed by atoms with Crippen molar-refractivity contribution in [1.82, 2.24) is 5.32 Å². The van der Waals surface area contributed by atoms with E-state index in [9.17, 15) is 4.39 Å². The minimum Gasteiger partial charge on any atom is -0.317 e. The van der Waals surface area contributed by atoms with E-state index in [0.717, 1.165) is 29.7 Å². The number of hydrogen-bond donors (Lipinski definition) is 1. The molecule has 2 fully saturated rings. The van der Waals surface area contributed by atoms with Crippen LogP contribution in [0.4, 0.5) is 4.39 Å². The van der Waals surface area contributed by atoms with Gasteiger partial charge in [-0.1, -0.05) is 18.0 Å². The normalized spacial score (nSPS) is 29.9. The van der Waals surface area contributed by atoms with Crippen LogP contribution < -0.4 is 5.32 Å². The van der Waals surface area contributed by atoms with Crippen molar-refractivity contribution in [2.24, 2.45) is 17.8 Å². The molecule has 0 saturated heterocycles. The molecular weight excluding hydrogens is 273 g/mol. The first kappa shape index (κ1) is 14.3. The third-order valence-electron chi connectivity index (χ3n) is 5.35. The Morgan fingerprint density at radius 3 is 2.85 bits per heavy atom. The molecule has 0 aromatic heterocycles. The van der Waals surface area contributed by atoms with Crippen molar-refractivity contribution in [2.45, 2.75) is 44.6 Å². The SMILES string of the molecule is CNC(Cc1cc(Cl)ccc1F)CC1CC2CCC1C2. The first-order valence-corrected chi connectivity index (χ1v) is 8.14. The summed E-state index contributed by atoms with van der Waals surface area (Å²) in [6, 6.07) is 5.21. The zero-order valence-corrected chi connectivity index (χ0v) is 12.8. The average molecular weight is 296 g/mol. The fourth-order valence-corrected chi connectivity index (χ4v) is 4.49. The van der Waals surface area contributed by atoms with Gasteiger partial charge in [0.05, 0.1) is 0 Å². The van der Waals surface area contributed by atoms with Gasteiger partial charge in [0.1, 0.15) is 5.82 Å². The summed E-state index contributed by atoms with van der Waals surface area (Å²) in [5.41, 5.74) is 0.736. The van der Waals surface area contributed by atoms with Crippen LogP contribution in [0.5, 0.6) is 0 Å². The van der Waals surface area contributed by atoms with Gasteiger partial charge in [0.2, 0.25) is 0 Å². The van der Waals surface area contributed by atoms with E-state index in [1.165, 1.54) is 38.2 Å². The first-order valence-electron chi connectivity index (χ1n) is 7.77. The Kier molecular flexibility index (Phi) is 4.32. The van der Waals surface area contributed by atoms with Gasteiger partial charge in [-0.05, 0) is 80.7 Å². The van der Waals surface area contributed by atoms with Gasteiger partial charge >= 0.3 is 0 Å². The zero-order chi connectivity index (χ0) is 14.1. The lowest BCUT2D eigenvalue weighted by Crippen LogP contribution is -2.31. The molecule has 2 aliphatic carbocycles. The zero-order valence-electron chi connectivity index (χ0n) is 12.0. The predicted molar refractivity (Wildman–Crippen MR) is 81.5 cm³/mol. The van der Waals surface area contributed by atoms with Gasteiger partial charge in [0.15, 0.2) is 0 Å². The Labute approximate surface area is 125 Å². The largest absolute Gasteiger partial charge is 0.317 e. The second-order valence-corrected chi connectivity index (χ2v) is 7.03. The predicted octanol–water partition coefficient (Wildman–Crippen LogP) is 4.44. The maximum Gasteiger partial charge on any atom is 0.126 e. The van der Waals surface area contributed by atoms with Crippen molar-refractivity contribution >= 4 is 11.6 Å². The molecule has 4 atom stereocenters. The number of fused-ring (bicyclic) bond motifs is 2. The monoisotopic (exact) mass is 295 g/mol. The van der Waals surface area contributed by atoms with E-state index in [1.807, 2.05) is 7.05 Å². The summed E-state index contributed by atoms with van der Waals surface area (Å²) in [4.78, 5) is 0. The van der Waals surface area contributed by atoms with E-state index in [-0.39, 0.29) is 5.82 Å². The highest BCUT2D eigenvalue weighted by Gasteiger charge is 2.39. The lowest BCUT2D eigenvalue weighted by molar-refractivity contribution is 0.281. The van der Waals surface area contributed by atoms with E-state index >= 15 is 0 Å².